The van der Waals surface area contributed by atoms with Crippen LogP contribution in [0, 0.1) is 5.82 Å². The van der Waals surface area contributed by atoms with Gasteiger partial charge in [-0.1, -0.05) is 49.7 Å². The van der Waals surface area contributed by atoms with E-state index >= 15 is 0 Å². The zero-order valence-corrected chi connectivity index (χ0v) is 12.7. The van der Waals surface area contributed by atoms with Gasteiger partial charge in [0.25, 0.3) is 0 Å². The summed E-state index contributed by atoms with van der Waals surface area (Å²) in [7, 11) is 0. The highest BCUT2D eigenvalue weighted by Crippen LogP contribution is 2.28. The summed E-state index contributed by atoms with van der Waals surface area (Å²) in [5.74, 6) is 0.0629. The number of hydrogen-bond donors (Lipinski definition) is 1. The number of benzene rings is 2. The molecule has 0 aromatic heterocycles. The summed E-state index contributed by atoms with van der Waals surface area (Å²) >= 11 is 5.84. The van der Waals surface area contributed by atoms with Crippen LogP contribution in [0.25, 0.3) is 0 Å². The lowest BCUT2D eigenvalue weighted by atomic mass is 10.00. The monoisotopic (exact) mass is 291 g/mol. The molecular formula is C17H19ClFN. The van der Waals surface area contributed by atoms with Crippen molar-refractivity contribution in [3.05, 3.63) is 64.4 Å². The molecule has 0 fully saturated rings. The molecule has 3 heteroatoms. The van der Waals surface area contributed by atoms with E-state index in [0.717, 1.165) is 11.3 Å². The van der Waals surface area contributed by atoms with Gasteiger partial charge in [-0.2, -0.15) is 0 Å². The lowest BCUT2D eigenvalue weighted by molar-refractivity contribution is 0.627. The minimum atomic E-state index is -0.384. The highest BCUT2D eigenvalue weighted by atomic mass is 35.5. The van der Waals surface area contributed by atoms with E-state index in [-0.39, 0.29) is 16.9 Å². The van der Waals surface area contributed by atoms with Gasteiger partial charge in [-0.3, -0.25) is 0 Å². The fourth-order valence-corrected chi connectivity index (χ4v) is 2.42. The van der Waals surface area contributed by atoms with E-state index in [0.29, 0.717) is 5.92 Å². The molecule has 0 aliphatic rings. The van der Waals surface area contributed by atoms with Crippen molar-refractivity contribution in [2.75, 3.05) is 5.32 Å². The molecular weight excluding hydrogens is 273 g/mol. The first-order valence-corrected chi connectivity index (χ1v) is 7.17. The summed E-state index contributed by atoms with van der Waals surface area (Å²) in [4.78, 5) is 0. The zero-order valence-electron chi connectivity index (χ0n) is 12.0. The highest BCUT2D eigenvalue weighted by molar-refractivity contribution is 6.30. The summed E-state index contributed by atoms with van der Waals surface area (Å²) in [5.41, 5.74) is 3.35. The molecule has 2 aromatic rings. The van der Waals surface area contributed by atoms with Gasteiger partial charge < -0.3 is 5.32 Å². The summed E-state index contributed by atoms with van der Waals surface area (Å²) in [5, 5.41) is 3.63. The zero-order chi connectivity index (χ0) is 14.7. The highest BCUT2D eigenvalue weighted by Gasteiger charge is 2.11. The largest absolute Gasteiger partial charge is 0.378 e. The van der Waals surface area contributed by atoms with Crippen molar-refractivity contribution in [2.45, 2.75) is 32.7 Å². The molecule has 0 saturated heterocycles. The molecule has 20 heavy (non-hydrogen) atoms. The van der Waals surface area contributed by atoms with E-state index < -0.39 is 0 Å². The van der Waals surface area contributed by atoms with Gasteiger partial charge in [-0.05, 0) is 42.2 Å². The third kappa shape index (κ3) is 3.31. The molecule has 106 valence electrons. The average Bonchev–Trinajstić information content (AvgIpc) is 2.42. The minimum absolute atomic E-state index is 0.0630. The van der Waals surface area contributed by atoms with Gasteiger partial charge in [0.1, 0.15) is 5.82 Å². The lowest BCUT2D eigenvalue weighted by Gasteiger charge is -2.20. The van der Waals surface area contributed by atoms with Gasteiger partial charge in [-0.25, -0.2) is 4.39 Å². The molecule has 0 aliphatic carbocycles. The van der Waals surface area contributed by atoms with Crippen molar-refractivity contribution in [2.24, 2.45) is 0 Å². The van der Waals surface area contributed by atoms with Crippen LogP contribution in [-0.4, -0.2) is 0 Å². The van der Waals surface area contributed by atoms with Crippen LogP contribution in [0.5, 0.6) is 0 Å². The van der Waals surface area contributed by atoms with Crippen molar-refractivity contribution < 1.29 is 4.39 Å². The molecule has 0 heterocycles. The smallest absolute Gasteiger partial charge is 0.141 e. The second kappa shape index (κ2) is 6.27. The van der Waals surface area contributed by atoms with Gasteiger partial charge in [0.15, 0.2) is 0 Å². The van der Waals surface area contributed by atoms with Crippen LogP contribution in [0.3, 0.4) is 0 Å². The Labute approximate surface area is 124 Å². The van der Waals surface area contributed by atoms with E-state index in [1.165, 1.54) is 11.6 Å². The molecule has 2 aromatic carbocycles. The molecule has 2 rings (SSSR count). The van der Waals surface area contributed by atoms with Gasteiger partial charge in [0.2, 0.25) is 0 Å². The Morgan fingerprint density at radius 1 is 1.05 bits per heavy atom. The topological polar surface area (TPSA) is 12.0 Å². The summed E-state index contributed by atoms with van der Waals surface area (Å²) in [6.07, 6.45) is 0. The molecule has 0 saturated carbocycles. The van der Waals surface area contributed by atoms with Crippen LogP contribution in [-0.2, 0) is 0 Å². The maximum absolute atomic E-state index is 13.2. The van der Waals surface area contributed by atoms with Crippen molar-refractivity contribution >= 4 is 17.3 Å². The maximum atomic E-state index is 13.2. The SMILES string of the molecule is CC(C)c1ccccc1NC(C)c1ccc(F)c(Cl)c1. The molecule has 1 N–H and O–H groups in total. The Bertz CT molecular complexity index is 595. The van der Waals surface area contributed by atoms with E-state index in [1.807, 2.05) is 19.1 Å². The Hall–Kier alpha value is -1.54. The summed E-state index contributed by atoms with van der Waals surface area (Å²) in [6.45, 7) is 6.38. The fourth-order valence-electron chi connectivity index (χ4n) is 2.23. The van der Waals surface area contributed by atoms with Crippen molar-refractivity contribution in [1.29, 1.82) is 0 Å². The molecule has 0 spiro atoms. The van der Waals surface area contributed by atoms with Gasteiger partial charge in [-0.15, -0.1) is 0 Å². The van der Waals surface area contributed by atoms with Crippen molar-refractivity contribution in [3.8, 4) is 0 Å². The van der Waals surface area contributed by atoms with Crippen LogP contribution in [0.1, 0.15) is 43.9 Å². The van der Waals surface area contributed by atoms with E-state index in [4.69, 9.17) is 11.6 Å². The maximum Gasteiger partial charge on any atom is 0.141 e. The quantitative estimate of drug-likeness (QED) is 0.753. The van der Waals surface area contributed by atoms with Crippen LogP contribution < -0.4 is 5.32 Å². The number of hydrogen-bond acceptors (Lipinski definition) is 1. The molecule has 0 aliphatic heterocycles. The second-order valence-corrected chi connectivity index (χ2v) is 5.69. The van der Waals surface area contributed by atoms with E-state index in [2.05, 4.69) is 31.3 Å². The Morgan fingerprint density at radius 2 is 1.75 bits per heavy atom. The summed E-state index contributed by atoms with van der Waals surface area (Å²) in [6, 6.07) is 13.1. The average molecular weight is 292 g/mol. The number of halogens is 2. The van der Waals surface area contributed by atoms with Crippen LogP contribution in [0.4, 0.5) is 10.1 Å². The normalized spacial score (nSPS) is 12.5. The van der Waals surface area contributed by atoms with Crippen LogP contribution in [0.15, 0.2) is 42.5 Å². The minimum Gasteiger partial charge on any atom is -0.378 e. The molecule has 0 amide bonds. The molecule has 1 unspecified atom stereocenters. The molecule has 1 nitrogen and oxygen atoms in total. The number of anilines is 1. The first-order valence-electron chi connectivity index (χ1n) is 6.79. The number of para-hydroxylation sites is 1. The summed E-state index contributed by atoms with van der Waals surface area (Å²) < 4.78 is 13.2. The third-order valence-electron chi connectivity index (χ3n) is 3.40. The Balaban J connectivity index is 2.23. The van der Waals surface area contributed by atoms with Crippen LogP contribution in [0.2, 0.25) is 5.02 Å². The molecule has 1 atom stereocenters. The second-order valence-electron chi connectivity index (χ2n) is 5.28. The van der Waals surface area contributed by atoms with Crippen LogP contribution >= 0.6 is 11.6 Å². The van der Waals surface area contributed by atoms with E-state index in [9.17, 15) is 4.39 Å². The van der Waals surface area contributed by atoms with E-state index in [1.54, 1.807) is 12.1 Å². The Morgan fingerprint density at radius 3 is 2.40 bits per heavy atom. The van der Waals surface area contributed by atoms with Gasteiger partial charge >= 0.3 is 0 Å². The molecule has 0 bridgehead atoms. The van der Waals surface area contributed by atoms with Gasteiger partial charge in [0, 0.05) is 11.7 Å². The first-order chi connectivity index (χ1) is 9.49. The predicted molar refractivity (Wildman–Crippen MR) is 84.0 cm³/mol. The fraction of sp³-hybridized carbons (Fsp3) is 0.294. The van der Waals surface area contributed by atoms with Crippen molar-refractivity contribution in [1.82, 2.24) is 0 Å². The first kappa shape index (κ1) is 14.9. The standard InChI is InChI=1S/C17H19ClFN/c1-11(2)14-6-4-5-7-17(14)20-12(3)13-8-9-16(19)15(18)10-13/h4-12,20H,1-3H3. The number of nitrogens with one attached hydrogen (secondary N) is 1. The Kier molecular flexibility index (Phi) is 4.66. The molecule has 0 radical (unpaired) electrons. The lowest BCUT2D eigenvalue weighted by Crippen LogP contribution is -2.09. The predicted octanol–water partition coefficient (Wildman–Crippen LogP) is 5.78. The number of rotatable bonds is 4. The van der Waals surface area contributed by atoms with Crippen molar-refractivity contribution in [3.63, 3.8) is 0 Å². The van der Waals surface area contributed by atoms with Gasteiger partial charge in [0.05, 0.1) is 5.02 Å². The third-order valence-corrected chi connectivity index (χ3v) is 3.69.